The van der Waals surface area contributed by atoms with Crippen LogP contribution in [0, 0.1) is 17.6 Å². The quantitative estimate of drug-likeness (QED) is 0.911. The Kier molecular flexibility index (Phi) is 3.32. The van der Waals surface area contributed by atoms with E-state index in [0.717, 1.165) is 18.7 Å². The summed E-state index contributed by atoms with van der Waals surface area (Å²) in [6.45, 7) is 4.86. The van der Waals surface area contributed by atoms with Crippen LogP contribution in [0.4, 0.5) is 14.5 Å². The Balaban J connectivity index is 2.38. The van der Waals surface area contributed by atoms with Gasteiger partial charge in [-0.2, -0.15) is 5.10 Å². The standard InChI is InChI=1S/C13H15F2N3/c1-8(2)6-18-7-12(16)13(17-18)9-3-4-10(14)11(15)5-9/h3-5,7-8H,6,16H2,1-2H3. The summed E-state index contributed by atoms with van der Waals surface area (Å²) < 4.78 is 27.7. The minimum Gasteiger partial charge on any atom is -0.396 e. The maximum Gasteiger partial charge on any atom is 0.159 e. The lowest BCUT2D eigenvalue weighted by atomic mass is 10.1. The molecule has 0 unspecified atom stereocenters. The number of hydrogen-bond donors (Lipinski definition) is 1. The van der Waals surface area contributed by atoms with Gasteiger partial charge >= 0.3 is 0 Å². The van der Waals surface area contributed by atoms with Gasteiger partial charge in [-0.25, -0.2) is 8.78 Å². The van der Waals surface area contributed by atoms with Gasteiger partial charge in [0.1, 0.15) is 5.69 Å². The van der Waals surface area contributed by atoms with Crippen LogP contribution in [0.1, 0.15) is 13.8 Å². The first kappa shape index (κ1) is 12.5. The molecule has 0 saturated carbocycles. The van der Waals surface area contributed by atoms with E-state index in [1.807, 2.05) is 0 Å². The topological polar surface area (TPSA) is 43.8 Å². The molecule has 0 radical (unpaired) electrons. The maximum absolute atomic E-state index is 13.2. The van der Waals surface area contributed by atoms with Crippen LogP contribution < -0.4 is 5.73 Å². The third-order valence-corrected chi connectivity index (χ3v) is 2.54. The van der Waals surface area contributed by atoms with E-state index in [4.69, 9.17) is 5.73 Å². The van der Waals surface area contributed by atoms with Gasteiger partial charge in [-0.3, -0.25) is 4.68 Å². The van der Waals surface area contributed by atoms with Crippen LogP contribution in [-0.4, -0.2) is 9.78 Å². The summed E-state index contributed by atoms with van der Waals surface area (Å²) in [5, 5.41) is 4.29. The van der Waals surface area contributed by atoms with Gasteiger partial charge in [-0.15, -0.1) is 0 Å². The summed E-state index contributed by atoms with van der Waals surface area (Å²) in [7, 11) is 0. The molecule has 18 heavy (non-hydrogen) atoms. The Morgan fingerprint density at radius 1 is 1.28 bits per heavy atom. The third-order valence-electron chi connectivity index (χ3n) is 2.54. The summed E-state index contributed by atoms with van der Waals surface area (Å²) in [5.74, 6) is -1.34. The molecule has 0 spiro atoms. The van der Waals surface area contributed by atoms with Gasteiger partial charge in [-0.1, -0.05) is 13.8 Å². The molecule has 0 fully saturated rings. The van der Waals surface area contributed by atoms with E-state index in [1.54, 1.807) is 10.9 Å². The van der Waals surface area contributed by atoms with Crippen molar-refractivity contribution < 1.29 is 8.78 Å². The van der Waals surface area contributed by atoms with Gasteiger partial charge < -0.3 is 5.73 Å². The zero-order chi connectivity index (χ0) is 13.3. The molecule has 0 bridgehead atoms. The van der Waals surface area contributed by atoms with Crippen molar-refractivity contribution in [3.05, 3.63) is 36.0 Å². The van der Waals surface area contributed by atoms with Crippen molar-refractivity contribution in [1.82, 2.24) is 9.78 Å². The molecule has 0 aliphatic rings. The van der Waals surface area contributed by atoms with Gasteiger partial charge in [0, 0.05) is 18.3 Å². The fourth-order valence-corrected chi connectivity index (χ4v) is 1.77. The lowest BCUT2D eigenvalue weighted by Gasteiger charge is -2.03. The smallest absolute Gasteiger partial charge is 0.159 e. The number of anilines is 1. The lowest BCUT2D eigenvalue weighted by Crippen LogP contribution is -2.04. The summed E-state index contributed by atoms with van der Waals surface area (Å²) in [6.07, 6.45) is 1.70. The predicted octanol–water partition coefficient (Wildman–Crippen LogP) is 3.07. The minimum absolute atomic E-state index is 0.433. The van der Waals surface area contributed by atoms with Crippen molar-refractivity contribution in [1.29, 1.82) is 0 Å². The predicted molar refractivity (Wildman–Crippen MR) is 66.8 cm³/mol. The van der Waals surface area contributed by atoms with Crippen LogP contribution in [0.15, 0.2) is 24.4 Å². The zero-order valence-corrected chi connectivity index (χ0v) is 10.3. The minimum atomic E-state index is -0.898. The molecule has 0 aliphatic carbocycles. The van der Waals surface area contributed by atoms with Gasteiger partial charge in [0.15, 0.2) is 11.6 Å². The highest BCUT2D eigenvalue weighted by Crippen LogP contribution is 2.25. The molecule has 0 aliphatic heterocycles. The second kappa shape index (κ2) is 4.76. The molecular weight excluding hydrogens is 236 g/mol. The maximum atomic E-state index is 13.2. The Labute approximate surface area is 104 Å². The second-order valence-electron chi connectivity index (χ2n) is 4.68. The van der Waals surface area contributed by atoms with Crippen molar-refractivity contribution in [3.8, 4) is 11.3 Å². The molecule has 96 valence electrons. The SMILES string of the molecule is CC(C)Cn1cc(N)c(-c2ccc(F)c(F)c2)n1. The number of nitrogen functional groups attached to an aromatic ring is 1. The van der Waals surface area contributed by atoms with Crippen LogP contribution >= 0.6 is 0 Å². The molecule has 0 amide bonds. The van der Waals surface area contributed by atoms with Crippen LogP contribution in [0.3, 0.4) is 0 Å². The first-order chi connectivity index (χ1) is 8.47. The lowest BCUT2D eigenvalue weighted by molar-refractivity contribution is 0.484. The average Bonchev–Trinajstić information content (AvgIpc) is 2.62. The van der Waals surface area contributed by atoms with E-state index in [9.17, 15) is 8.78 Å². The van der Waals surface area contributed by atoms with E-state index in [0.29, 0.717) is 22.9 Å². The Bertz CT molecular complexity index is 561. The summed E-state index contributed by atoms with van der Waals surface area (Å²) in [5.41, 5.74) is 7.26. The molecule has 0 saturated heterocycles. The molecule has 1 heterocycles. The van der Waals surface area contributed by atoms with E-state index in [-0.39, 0.29) is 0 Å². The van der Waals surface area contributed by atoms with Gasteiger partial charge in [0.2, 0.25) is 0 Å². The van der Waals surface area contributed by atoms with Crippen LogP contribution in [0.25, 0.3) is 11.3 Å². The summed E-state index contributed by atoms with van der Waals surface area (Å²) in [6, 6.07) is 3.65. The first-order valence-electron chi connectivity index (χ1n) is 5.75. The molecule has 1 aromatic heterocycles. The zero-order valence-electron chi connectivity index (χ0n) is 10.3. The van der Waals surface area contributed by atoms with Gasteiger partial charge in [0.05, 0.1) is 5.69 Å². The Morgan fingerprint density at radius 3 is 2.61 bits per heavy atom. The number of rotatable bonds is 3. The molecule has 2 N–H and O–H groups in total. The van der Waals surface area contributed by atoms with Crippen LogP contribution in [-0.2, 0) is 6.54 Å². The van der Waals surface area contributed by atoms with Crippen molar-refractivity contribution in [3.63, 3.8) is 0 Å². The summed E-state index contributed by atoms with van der Waals surface area (Å²) >= 11 is 0. The fraction of sp³-hybridized carbons (Fsp3) is 0.308. The third kappa shape index (κ3) is 2.50. The number of halogens is 2. The molecule has 3 nitrogen and oxygen atoms in total. The highest BCUT2D eigenvalue weighted by atomic mass is 19.2. The van der Waals surface area contributed by atoms with Gasteiger partial charge in [-0.05, 0) is 24.1 Å². The number of hydrogen-bond acceptors (Lipinski definition) is 2. The van der Waals surface area contributed by atoms with Gasteiger partial charge in [0.25, 0.3) is 0 Å². The number of benzene rings is 1. The highest BCUT2D eigenvalue weighted by Gasteiger charge is 2.11. The van der Waals surface area contributed by atoms with Crippen molar-refractivity contribution in [2.24, 2.45) is 5.92 Å². The Hall–Kier alpha value is -1.91. The molecule has 1 aromatic carbocycles. The van der Waals surface area contributed by atoms with Crippen LogP contribution in [0.2, 0.25) is 0 Å². The Morgan fingerprint density at radius 2 is 2.00 bits per heavy atom. The largest absolute Gasteiger partial charge is 0.396 e. The van der Waals surface area contributed by atoms with E-state index in [2.05, 4.69) is 18.9 Å². The monoisotopic (exact) mass is 251 g/mol. The van der Waals surface area contributed by atoms with Crippen molar-refractivity contribution >= 4 is 5.69 Å². The molecule has 2 rings (SSSR count). The number of nitrogens with zero attached hydrogens (tertiary/aromatic N) is 2. The van der Waals surface area contributed by atoms with E-state index < -0.39 is 11.6 Å². The van der Waals surface area contributed by atoms with Crippen LogP contribution in [0.5, 0.6) is 0 Å². The number of nitrogens with two attached hydrogens (primary N) is 1. The fourth-order valence-electron chi connectivity index (χ4n) is 1.77. The summed E-state index contributed by atoms with van der Waals surface area (Å²) in [4.78, 5) is 0. The molecular formula is C13H15F2N3. The van der Waals surface area contributed by atoms with Crippen molar-refractivity contribution in [2.45, 2.75) is 20.4 Å². The average molecular weight is 251 g/mol. The second-order valence-corrected chi connectivity index (χ2v) is 4.68. The highest BCUT2D eigenvalue weighted by molar-refractivity contribution is 5.71. The first-order valence-corrected chi connectivity index (χ1v) is 5.75. The van der Waals surface area contributed by atoms with E-state index in [1.165, 1.54) is 6.07 Å². The molecule has 2 aromatic rings. The normalized spacial score (nSPS) is 11.2. The molecule has 0 atom stereocenters. The van der Waals surface area contributed by atoms with Crippen molar-refractivity contribution in [2.75, 3.05) is 5.73 Å². The number of aromatic nitrogens is 2. The van der Waals surface area contributed by atoms with E-state index >= 15 is 0 Å². The molecule has 5 heteroatoms.